The van der Waals surface area contributed by atoms with Crippen LogP contribution in [-0.2, 0) is 32.2 Å². The number of benzene rings is 4. The number of carbonyl (C=O) groups excluding carboxylic acids is 2. The highest BCUT2D eigenvalue weighted by molar-refractivity contribution is 5.76. The van der Waals surface area contributed by atoms with Crippen molar-refractivity contribution in [1.82, 2.24) is 15.5 Å². The van der Waals surface area contributed by atoms with Gasteiger partial charge in [-0.3, -0.25) is 24.6 Å². The minimum absolute atomic E-state index is 0.0132. The molecule has 0 saturated carbocycles. The molecule has 2 saturated heterocycles. The van der Waals surface area contributed by atoms with E-state index < -0.39 is 6.29 Å². The van der Waals surface area contributed by atoms with Crippen molar-refractivity contribution in [2.75, 3.05) is 44.2 Å². The summed E-state index contributed by atoms with van der Waals surface area (Å²) in [4.78, 5) is 39.0. The fraction of sp³-hybridized carbons (Fsp3) is 0.409. The maximum Gasteiger partial charge on any atom is 0.269 e. The van der Waals surface area contributed by atoms with E-state index in [0.29, 0.717) is 19.5 Å². The van der Waals surface area contributed by atoms with Crippen LogP contribution in [0.15, 0.2) is 97.1 Å². The van der Waals surface area contributed by atoms with Gasteiger partial charge in [0, 0.05) is 88.5 Å². The number of anilines is 1. The van der Waals surface area contributed by atoms with E-state index in [-0.39, 0.29) is 47.2 Å². The molecule has 2 aliphatic rings. The zero-order chi connectivity index (χ0) is 39.4. The number of amides is 2. The molecule has 4 atom stereocenters. The summed E-state index contributed by atoms with van der Waals surface area (Å²) in [6.45, 7) is 8.72. The highest BCUT2D eigenvalue weighted by atomic mass is 16.7. The molecule has 0 aliphatic carbocycles. The van der Waals surface area contributed by atoms with Gasteiger partial charge in [-0.15, -0.1) is 0 Å². The van der Waals surface area contributed by atoms with Crippen LogP contribution in [0, 0.1) is 16.0 Å². The summed E-state index contributed by atoms with van der Waals surface area (Å²) in [5.41, 5.74) is 6.91. The minimum Gasteiger partial charge on any atom is -0.392 e. The molecule has 6 rings (SSSR count). The predicted octanol–water partition coefficient (Wildman–Crippen LogP) is 6.68. The molecular weight excluding hydrogens is 711 g/mol. The van der Waals surface area contributed by atoms with Crippen LogP contribution in [-0.4, -0.2) is 72.1 Å². The van der Waals surface area contributed by atoms with E-state index in [1.807, 2.05) is 60.7 Å². The average Bonchev–Trinajstić information content (AvgIpc) is 3.22. The van der Waals surface area contributed by atoms with E-state index in [1.165, 1.54) is 6.92 Å². The van der Waals surface area contributed by atoms with Gasteiger partial charge in [0.2, 0.25) is 11.8 Å². The van der Waals surface area contributed by atoms with Gasteiger partial charge < -0.3 is 30.1 Å². The lowest BCUT2D eigenvalue weighted by Gasteiger charge is -2.44. The van der Waals surface area contributed by atoms with Crippen molar-refractivity contribution in [3.63, 3.8) is 0 Å². The van der Waals surface area contributed by atoms with Crippen LogP contribution in [0.5, 0.6) is 0 Å². The Morgan fingerprint density at radius 3 is 2.23 bits per heavy atom. The van der Waals surface area contributed by atoms with Crippen molar-refractivity contribution in [3.8, 4) is 11.1 Å². The number of nitrogens with zero attached hydrogens (tertiary/aromatic N) is 3. The monoisotopic (exact) mass is 763 g/mol. The molecule has 56 heavy (non-hydrogen) atoms. The van der Waals surface area contributed by atoms with Crippen LogP contribution >= 0.6 is 0 Å². The third-order valence-electron chi connectivity index (χ3n) is 10.7. The topological polar surface area (TPSA) is 147 Å². The molecule has 2 fully saturated rings. The number of non-ortho nitro benzene ring substituents is 1. The fourth-order valence-electron chi connectivity index (χ4n) is 7.42. The minimum atomic E-state index is -0.610. The van der Waals surface area contributed by atoms with E-state index in [2.05, 4.69) is 51.6 Å². The Kier molecular flexibility index (Phi) is 14.2. The second-order valence-corrected chi connectivity index (χ2v) is 14.8. The number of rotatable bonds is 16. The van der Waals surface area contributed by atoms with Gasteiger partial charge in [0.15, 0.2) is 6.29 Å². The lowest BCUT2D eigenvalue weighted by atomic mass is 9.89. The normalized spacial score (nSPS) is 20.0. The SMILES string of the molecule is CC(=O)NCCCCCC(=O)NCc1cccc(-c2cccc([C@@H]3O[C@H](CN4CCN(c5ccc([N+](=O)[O-])cc5)CC4)[C@H](C)[C@H](c4ccc(CO)cc4)O3)c2)c1. The van der Waals surface area contributed by atoms with Crippen LogP contribution < -0.4 is 15.5 Å². The Bertz CT molecular complexity index is 1910. The van der Waals surface area contributed by atoms with Crippen molar-refractivity contribution in [1.29, 1.82) is 0 Å². The third kappa shape index (κ3) is 11.0. The second-order valence-electron chi connectivity index (χ2n) is 14.8. The van der Waals surface area contributed by atoms with E-state index in [1.54, 1.807) is 12.1 Å². The van der Waals surface area contributed by atoms with E-state index in [4.69, 9.17) is 9.47 Å². The van der Waals surface area contributed by atoms with Gasteiger partial charge in [-0.2, -0.15) is 0 Å². The first-order chi connectivity index (χ1) is 27.2. The zero-order valence-electron chi connectivity index (χ0n) is 32.3. The second kappa shape index (κ2) is 19.6. The van der Waals surface area contributed by atoms with Gasteiger partial charge in [0.1, 0.15) is 0 Å². The molecule has 0 bridgehead atoms. The number of nitro benzene ring substituents is 1. The number of hydrogen-bond donors (Lipinski definition) is 3. The summed E-state index contributed by atoms with van der Waals surface area (Å²) < 4.78 is 13.6. The first kappa shape index (κ1) is 40.5. The van der Waals surface area contributed by atoms with Gasteiger partial charge in [-0.1, -0.05) is 74.0 Å². The van der Waals surface area contributed by atoms with Gasteiger partial charge in [-0.25, -0.2) is 0 Å². The molecule has 0 unspecified atom stereocenters. The summed E-state index contributed by atoms with van der Waals surface area (Å²) in [7, 11) is 0. The Morgan fingerprint density at radius 1 is 0.821 bits per heavy atom. The van der Waals surface area contributed by atoms with Crippen LogP contribution in [0.2, 0.25) is 0 Å². The molecule has 2 aliphatic heterocycles. The molecule has 296 valence electrons. The van der Waals surface area contributed by atoms with Gasteiger partial charge in [0.05, 0.1) is 23.7 Å². The number of hydrogen-bond acceptors (Lipinski definition) is 9. The maximum atomic E-state index is 12.5. The summed E-state index contributed by atoms with van der Waals surface area (Å²) in [5, 5.41) is 26.6. The number of aliphatic hydroxyl groups is 1. The third-order valence-corrected chi connectivity index (χ3v) is 10.7. The lowest BCUT2D eigenvalue weighted by Crippen LogP contribution is -2.51. The van der Waals surface area contributed by atoms with Crippen molar-refractivity contribution in [2.24, 2.45) is 5.92 Å². The Hall–Kier alpha value is -5.14. The van der Waals surface area contributed by atoms with E-state index in [9.17, 15) is 24.8 Å². The smallest absolute Gasteiger partial charge is 0.269 e. The van der Waals surface area contributed by atoms with Crippen LogP contribution in [0.4, 0.5) is 11.4 Å². The molecule has 4 aromatic rings. The van der Waals surface area contributed by atoms with Crippen molar-refractivity contribution >= 4 is 23.2 Å². The Morgan fingerprint density at radius 2 is 1.54 bits per heavy atom. The molecule has 12 nitrogen and oxygen atoms in total. The number of piperazine rings is 1. The predicted molar refractivity (Wildman–Crippen MR) is 216 cm³/mol. The van der Waals surface area contributed by atoms with Crippen LogP contribution in [0.25, 0.3) is 11.1 Å². The number of carbonyl (C=O) groups is 2. The molecule has 2 heterocycles. The zero-order valence-corrected chi connectivity index (χ0v) is 32.3. The molecule has 0 aromatic heterocycles. The van der Waals surface area contributed by atoms with Crippen molar-refractivity contribution < 1.29 is 29.1 Å². The van der Waals surface area contributed by atoms with Gasteiger partial charge in [-0.05, 0) is 64.9 Å². The molecule has 2 amide bonds. The van der Waals surface area contributed by atoms with Gasteiger partial charge >= 0.3 is 0 Å². The summed E-state index contributed by atoms with van der Waals surface area (Å²) >= 11 is 0. The van der Waals surface area contributed by atoms with Crippen molar-refractivity contribution in [3.05, 3.63) is 129 Å². The highest BCUT2D eigenvalue weighted by Gasteiger charge is 2.39. The molecule has 0 radical (unpaired) electrons. The number of nitrogens with one attached hydrogen (secondary N) is 2. The largest absolute Gasteiger partial charge is 0.392 e. The van der Waals surface area contributed by atoms with Crippen LogP contribution in [0.1, 0.15) is 74.2 Å². The first-order valence-electron chi connectivity index (χ1n) is 19.6. The molecule has 3 N–H and O–H groups in total. The maximum absolute atomic E-state index is 12.5. The number of ether oxygens (including phenoxy) is 2. The van der Waals surface area contributed by atoms with E-state index in [0.717, 1.165) is 91.1 Å². The summed E-state index contributed by atoms with van der Waals surface area (Å²) in [6, 6.07) is 31.1. The first-order valence-corrected chi connectivity index (χ1v) is 19.6. The molecule has 4 aromatic carbocycles. The number of aliphatic hydroxyl groups excluding tert-OH is 1. The van der Waals surface area contributed by atoms with Crippen molar-refractivity contribution in [2.45, 2.75) is 71.2 Å². The van der Waals surface area contributed by atoms with Gasteiger partial charge in [0.25, 0.3) is 5.69 Å². The quantitative estimate of drug-likeness (QED) is 0.0646. The lowest BCUT2D eigenvalue weighted by molar-refractivity contribution is -0.384. The average molecular weight is 764 g/mol. The Labute approximate surface area is 329 Å². The van der Waals surface area contributed by atoms with E-state index >= 15 is 0 Å². The number of nitro groups is 1. The molecule has 12 heteroatoms. The summed E-state index contributed by atoms with van der Waals surface area (Å²) in [6.07, 6.45) is 1.99. The fourth-order valence-corrected chi connectivity index (χ4v) is 7.42. The summed E-state index contributed by atoms with van der Waals surface area (Å²) in [5.74, 6) is 0.0183. The molecule has 0 spiro atoms. The standard InChI is InChI=1S/C44H53N5O7/c1-31-41(29-47-22-24-48(25-23-47)39-17-19-40(20-18-39)49(53)54)55-44(56-43(31)35-15-13-33(30-50)14-16-35)38-11-7-10-37(27-38)36-9-6-8-34(26-36)28-46-42(52)12-4-3-5-21-45-32(2)51/h6-11,13-20,26-27,31,41,43-44,50H,3-5,12,21-25,28-30H2,1-2H3,(H,45,51)(H,46,52)/t31-,41+,43+,44+/m0/s1. The highest BCUT2D eigenvalue weighted by Crippen LogP contribution is 2.42. The molecular formula is C44H53N5O7. The number of unbranched alkanes of at least 4 members (excludes halogenated alkanes) is 2. The Balaban J connectivity index is 1.11. The van der Waals surface area contributed by atoms with Crippen LogP contribution in [0.3, 0.4) is 0 Å².